The molecule has 1 saturated carbocycles. The van der Waals surface area contributed by atoms with Gasteiger partial charge in [-0.25, -0.2) is 0 Å². The number of nitrogens with zero attached hydrogens (tertiary/aromatic N) is 2. The highest BCUT2D eigenvalue weighted by Gasteiger charge is 2.62. The number of halogens is 2. The van der Waals surface area contributed by atoms with Gasteiger partial charge < -0.3 is 5.32 Å². The van der Waals surface area contributed by atoms with Gasteiger partial charge in [0.05, 0.1) is 5.92 Å². The molecular formula is C20H21Cl2N3OS2. The van der Waals surface area contributed by atoms with Crippen LogP contribution in [0.2, 0.25) is 0 Å². The van der Waals surface area contributed by atoms with E-state index in [1.54, 1.807) is 11.8 Å². The zero-order chi connectivity index (χ0) is 20.3. The Morgan fingerprint density at radius 3 is 2.64 bits per heavy atom. The van der Waals surface area contributed by atoms with E-state index in [1.807, 2.05) is 39.0 Å². The number of carbonyl (C=O) groups excluding carboxylic acids is 1. The second-order valence-corrected chi connectivity index (χ2v) is 10.4. The van der Waals surface area contributed by atoms with Crippen molar-refractivity contribution in [3.63, 3.8) is 0 Å². The lowest BCUT2D eigenvalue weighted by molar-refractivity contribution is -0.118. The molecule has 0 bridgehead atoms. The summed E-state index contributed by atoms with van der Waals surface area (Å²) in [5.41, 5.74) is 1.84. The van der Waals surface area contributed by atoms with Crippen LogP contribution < -0.4 is 5.32 Å². The van der Waals surface area contributed by atoms with Crippen molar-refractivity contribution in [2.75, 3.05) is 11.1 Å². The van der Waals surface area contributed by atoms with E-state index in [0.717, 1.165) is 21.2 Å². The van der Waals surface area contributed by atoms with E-state index in [2.05, 4.69) is 39.8 Å². The summed E-state index contributed by atoms with van der Waals surface area (Å²) in [5, 5.41) is 11.6. The van der Waals surface area contributed by atoms with Gasteiger partial charge in [-0.1, -0.05) is 103 Å². The van der Waals surface area contributed by atoms with Gasteiger partial charge in [0.15, 0.2) is 4.34 Å². The first-order valence-electron chi connectivity index (χ1n) is 8.81. The lowest BCUT2D eigenvalue weighted by Gasteiger charge is -2.02. The maximum atomic E-state index is 12.7. The highest BCUT2D eigenvalue weighted by Crippen LogP contribution is 2.62. The summed E-state index contributed by atoms with van der Waals surface area (Å²) in [5.74, 6) is 0.588. The van der Waals surface area contributed by atoms with Crippen molar-refractivity contribution in [1.82, 2.24) is 10.2 Å². The summed E-state index contributed by atoms with van der Waals surface area (Å²) in [6.45, 7) is 5.96. The summed E-state index contributed by atoms with van der Waals surface area (Å²) in [6.07, 6.45) is 4.16. The molecular weight excluding hydrogens is 433 g/mol. The van der Waals surface area contributed by atoms with Crippen molar-refractivity contribution in [2.24, 2.45) is 17.3 Å². The molecule has 0 spiro atoms. The number of nitrogens with one attached hydrogen (secondary N) is 1. The molecule has 2 atom stereocenters. The summed E-state index contributed by atoms with van der Waals surface area (Å²) < 4.78 is 1.06. The fourth-order valence-corrected chi connectivity index (χ4v) is 5.25. The first kappa shape index (κ1) is 21.4. The first-order valence-corrected chi connectivity index (χ1v) is 11.4. The molecule has 1 aromatic carbocycles. The minimum atomic E-state index is -0.173. The average Bonchev–Trinajstić information content (AvgIpc) is 2.98. The molecule has 1 aliphatic carbocycles. The first-order chi connectivity index (χ1) is 13.3. The zero-order valence-electron chi connectivity index (χ0n) is 15.8. The number of rotatable bonds is 7. The average molecular weight is 454 g/mol. The molecule has 0 radical (unpaired) electrons. The van der Waals surface area contributed by atoms with E-state index in [-0.39, 0.29) is 27.6 Å². The molecule has 1 amide bonds. The predicted octanol–water partition coefficient (Wildman–Crippen LogP) is 6.26. The molecule has 2 unspecified atom stereocenters. The molecule has 1 fully saturated rings. The Hall–Kier alpha value is -1.34. The highest BCUT2D eigenvalue weighted by molar-refractivity contribution is 8.01. The van der Waals surface area contributed by atoms with Crippen LogP contribution in [0.5, 0.6) is 0 Å². The monoisotopic (exact) mass is 453 g/mol. The second kappa shape index (κ2) is 8.99. The van der Waals surface area contributed by atoms with E-state index in [4.69, 9.17) is 23.2 Å². The zero-order valence-corrected chi connectivity index (χ0v) is 18.9. The molecule has 1 aliphatic rings. The fraction of sp³-hybridized carbons (Fsp3) is 0.350. The lowest BCUT2D eigenvalue weighted by atomic mass is 10.1. The van der Waals surface area contributed by atoms with Crippen LogP contribution in [0, 0.1) is 17.3 Å². The largest absolute Gasteiger partial charge is 0.300 e. The molecule has 1 N–H and O–H groups in total. The molecule has 2 aromatic rings. The number of carbonyl (C=O) groups is 1. The van der Waals surface area contributed by atoms with Crippen LogP contribution >= 0.6 is 46.3 Å². The van der Waals surface area contributed by atoms with Crippen molar-refractivity contribution in [3.05, 3.63) is 52.0 Å². The smallest absolute Gasteiger partial charge is 0.230 e. The van der Waals surface area contributed by atoms with Gasteiger partial charge in [-0.2, -0.15) is 0 Å². The number of hydrogen-bond acceptors (Lipinski definition) is 5. The molecule has 28 heavy (non-hydrogen) atoms. The van der Waals surface area contributed by atoms with Gasteiger partial charge in [0.1, 0.15) is 4.49 Å². The predicted molar refractivity (Wildman–Crippen MR) is 120 cm³/mol. The van der Waals surface area contributed by atoms with Crippen LogP contribution in [0.3, 0.4) is 0 Å². The number of aromatic nitrogens is 2. The van der Waals surface area contributed by atoms with Crippen LogP contribution in [0.4, 0.5) is 5.13 Å². The molecule has 148 valence electrons. The minimum Gasteiger partial charge on any atom is -0.300 e. The van der Waals surface area contributed by atoms with E-state index >= 15 is 0 Å². The van der Waals surface area contributed by atoms with E-state index < -0.39 is 0 Å². The number of benzene rings is 1. The molecule has 1 heterocycles. The normalized spacial score (nSPS) is 20.2. The molecule has 4 nitrogen and oxygen atoms in total. The van der Waals surface area contributed by atoms with Gasteiger partial charge in [-0.15, -0.1) is 10.2 Å². The second-order valence-electron chi connectivity index (χ2n) is 7.21. The maximum Gasteiger partial charge on any atom is 0.230 e. The number of thioether (sulfide) groups is 1. The number of amides is 1. The van der Waals surface area contributed by atoms with Gasteiger partial charge in [0.2, 0.25) is 11.0 Å². The maximum absolute atomic E-state index is 12.7. The topological polar surface area (TPSA) is 54.9 Å². The van der Waals surface area contributed by atoms with Crippen molar-refractivity contribution in [1.29, 1.82) is 0 Å². The van der Waals surface area contributed by atoms with Crippen LogP contribution in [-0.4, -0.2) is 21.9 Å². The SMILES string of the molecule is CC(=C(Cl)Cl)C1C(C(=O)Nc2nnc(SC/C=C/c3ccccc3)s2)C1(C)C. The summed E-state index contributed by atoms with van der Waals surface area (Å²) >= 11 is 14.8. The Morgan fingerprint density at radius 1 is 1.25 bits per heavy atom. The van der Waals surface area contributed by atoms with E-state index in [9.17, 15) is 4.79 Å². The molecule has 3 rings (SSSR count). The van der Waals surface area contributed by atoms with Gasteiger partial charge in [0.25, 0.3) is 0 Å². The third-order valence-electron chi connectivity index (χ3n) is 4.92. The van der Waals surface area contributed by atoms with Gasteiger partial charge >= 0.3 is 0 Å². The van der Waals surface area contributed by atoms with Crippen molar-refractivity contribution < 1.29 is 4.79 Å². The Labute approximate surface area is 183 Å². The lowest BCUT2D eigenvalue weighted by Crippen LogP contribution is -2.16. The Morgan fingerprint density at radius 2 is 1.96 bits per heavy atom. The molecule has 8 heteroatoms. The summed E-state index contributed by atoms with van der Waals surface area (Å²) in [6, 6.07) is 10.1. The number of anilines is 1. The Kier molecular flexibility index (Phi) is 6.86. The summed E-state index contributed by atoms with van der Waals surface area (Å²) in [7, 11) is 0. The van der Waals surface area contributed by atoms with Crippen molar-refractivity contribution in [2.45, 2.75) is 25.1 Å². The number of allylic oxidation sites excluding steroid dienone is 1. The van der Waals surface area contributed by atoms with Crippen molar-refractivity contribution >= 4 is 63.4 Å². The van der Waals surface area contributed by atoms with Gasteiger partial charge in [-0.3, -0.25) is 4.79 Å². The van der Waals surface area contributed by atoms with Crippen molar-refractivity contribution in [3.8, 4) is 0 Å². The third-order valence-corrected chi connectivity index (χ3v) is 7.44. The third kappa shape index (κ3) is 4.98. The Balaban J connectivity index is 1.53. The molecule has 0 aliphatic heterocycles. The van der Waals surface area contributed by atoms with Gasteiger partial charge in [-0.05, 0) is 23.5 Å². The van der Waals surface area contributed by atoms with Crippen LogP contribution in [0.15, 0.2) is 50.8 Å². The minimum absolute atomic E-state index is 0.0439. The number of hydrogen-bond donors (Lipinski definition) is 1. The Bertz CT molecular complexity index is 905. The van der Waals surface area contributed by atoms with Crippen LogP contribution in [0.1, 0.15) is 26.3 Å². The quantitative estimate of drug-likeness (QED) is 0.396. The van der Waals surface area contributed by atoms with E-state index in [1.165, 1.54) is 11.3 Å². The van der Waals surface area contributed by atoms with Crippen LogP contribution in [0.25, 0.3) is 6.08 Å². The highest BCUT2D eigenvalue weighted by atomic mass is 35.5. The van der Waals surface area contributed by atoms with E-state index in [0.29, 0.717) is 5.13 Å². The molecule has 1 aromatic heterocycles. The fourth-order valence-electron chi connectivity index (χ4n) is 3.42. The van der Waals surface area contributed by atoms with Crippen LogP contribution in [-0.2, 0) is 4.79 Å². The summed E-state index contributed by atoms with van der Waals surface area (Å²) in [4.78, 5) is 12.7. The standard InChI is InChI=1S/C20H21Cl2N3OS2/c1-12(16(21)22)14-15(20(14,2)3)17(26)23-18-24-25-19(28-18)27-11-7-10-13-8-5-4-6-9-13/h4-10,14-15H,11H2,1-3H3,(H,23,24,26)/b10-7+. The molecule has 0 saturated heterocycles. The van der Waals surface area contributed by atoms with Gasteiger partial charge in [0, 0.05) is 11.7 Å².